The second-order valence-corrected chi connectivity index (χ2v) is 19.1. The highest BCUT2D eigenvalue weighted by Gasteiger charge is 2.44. The Morgan fingerprint density at radius 3 is 2.39 bits per heavy atom. The zero-order valence-corrected chi connectivity index (χ0v) is 36.9. The zero-order chi connectivity index (χ0) is 43.3. The number of benzene rings is 4. The van der Waals surface area contributed by atoms with Gasteiger partial charge in [-0.1, -0.05) is 29.8 Å². The molecule has 0 saturated heterocycles. The number of hydrogen-bond acceptors (Lipinski definition) is 10. The first-order valence-electron chi connectivity index (χ1n) is 20.9. The lowest BCUT2D eigenvalue weighted by atomic mass is 9.68. The zero-order valence-electron chi connectivity index (χ0n) is 35.4. The number of aromatic carboxylic acids is 1. The topological polar surface area (TPSA) is 144 Å². The fourth-order valence-electron chi connectivity index (χ4n) is 9.18. The maximum atomic E-state index is 14.0. The van der Waals surface area contributed by atoms with Crippen LogP contribution in [0.3, 0.4) is 0 Å². The number of carboxylic acids is 1. The molecule has 12 nitrogen and oxygen atoms in total. The second-order valence-electron chi connectivity index (χ2n) is 16.6. The molecule has 2 N–H and O–H groups in total. The van der Waals surface area contributed by atoms with Crippen molar-refractivity contribution in [3.05, 3.63) is 111 Å². The molecular formula is C47H56ClN3O9S. The summed E-state index contributed by atoms with van der Waals surface area (Å²) in [7, 11) is 0.921. The van der Waals surface area contributed by atoms with E-state index in [0.29, 0.717) is 59.8 Å². The van der Waals surface area contributed by atoms with Crippen LogP contribution in [0.4, 0.5) is 5.69 Å². The molecule has 14 heteroatoms. The summed E-state index contributed by atoms with van der Waals surface area (Å²) in [6.07, 6.45) is 4.78. The second kappa shape index (κ2) is 19.1. The largest absolute Gasteiger partial charge is 0.497 e. The molecule has 3 atom stereocenters. The van der Waals surface area contributed by atoms with Gasteiger partial charge in [-0.05, 0) is 116 Å². The van der Waals surface area contributed by atoms with Gasteiger partial charge in [0.2, 0.25) is 10.0 Å². The number of anilines is 1. The van der Waals surface area contributed by atoms with Crippen LogP contribution >= 0.6 is 11.6 Å². The normalized spacial score (nSPS) is 19.6. The third kappa shape index (κ3) is 9.96. The minimum absolute atomic E-state index is 0.0857. The molecule has 1 fully saturated rings. The number of aryl methyl sites for hydroxylation is 2. The summed E-state index contributed by atoms with van der Waals surface area (Å²) in [6, 6.07) is 22.1. The Kier molecular flexibility index (Phi) is 13.8. The number of hydrogen-bond donors (Lipinski definition) is 2. The third-order valence-corrected chi connectivity index (χ3v) is 14.8. The number of methoxy groups -OCH3 is 3. The lowest BCUT2D eigenvalue weighted by molar-refractivity contribution is -0.127. The summed E-state index contributed by atoms with van der Waals surface area (Å²) in [5, 5.41) is 13.8. The summed E-state index contributed by atoms with van der Waals surface area (Å²) in [4.78, 5) is 28.1. The summed E-state index contributed by atoms with van der Waals surface area (Å²) >= 11 is 6.42. The van der Waals surface area contributed by atoms with Crippen molar-refractivity contribution in [1.29, 1.82) is 0 Å². The minimum atomic E-state index is -3.79. The Morgan fingerprint density at radius 1 is 0.934 bits per heavy atom. The highest BCUT2D eigenvalue weighted by molar-refractivity contribution is 7.89. The van der Waals surface area contributed by atoms with Crippen molar-refractivity contribution in [3.8, 4) is 23.0 Å². The van der Waals surface area contributed by atoms with Gasteiger partial charge in [0, 0.05) is 73.7 Å². The standard InChI is InChI=1S/C47H56ClN3O9S/c1-31-22-38(57-2)12-7-34(31)27-51(28-36-8-13-39(58-3)25-45(36)59-4)61(55,56)21-20-49-19-17-43(52)40-14-9-35(40)26-50-29-47(18-5-6-32-23-37(48)11-15-41(32)47)30-60-44-16-10-33(46(53)54)24-42(44)50/h7-8,10-13,15-16,22-25,35,40,49H,5-6,9,14,17-21,26-30H2,1-4H3,(H,53,54)/t35-,40+,47-/m0/s1. The fourth-order valence-corrected chi connectivity index (χ4v) is 10.7. The number of fused-ring (bicyclic) bond motifs is 3. The van der Waals surface area contributed by atoms with Crippen LogP contribution in [0, 0.1) is 18.8 Å². The number of carboxylic acid groups (broad SMARTS) is 1. The molecule has 1 aliphatic heterocycles. The van der Waals surface area contributed by atoms with E-state index in [-0.39, 0.29) is 60.4 Å². The molecule has 1 saturated carbocycles. The van der Waals surface area contributed by atoms with Gasteiger partial charge in [0.05, 0.1) is 44.9 Å². The van der Waals surface area contributed by atoms with E-state index in [9.17, 15) is 23.1 Å². The molecule has 1 heterocycles. The molecule has 0 unspecified atom stereocenters. The Balaban J connectivity index is 0.996. The van der Waals surface area contributed by atoms with E-state index in [1.165, 1.54) is 15.4 Å². The first-order valence-corrected chi connectivity index (χ1v) is 22.9. The molecule has 0 radical (unpaired) electrons. The minimum Gasteiger partial charge on any atom is -0.497 e. The van der Waals surface area contributed by atoms with Crippen LogP contribution in [-0.4, -0.2) is 89.5 Å². The van der Waals surface area contributed by atoms with Gasteiger partial charge in [0.25, 0.3) is 0 Å². The molecule has 2 aliphatic carbocycles. The predicted molar refractivity (Wildman–Crippen MR) is 236 cm³/mol. The van der Waals surface area contributed by atoms with Gasteiger partial charge in [-0.3, -0.25) is 4.79 Å². The molecule has 4 aromatic carbocycles. The van der Waals surface area contributed by atoms with E-state index < -0.39 is 16.0 Å². The lowest BCUT2D eigenvalue weighted by Gasteiger charge is -2.44. The third-order valence-electron chi connectivity index (χ3n) is 12.8. The smallest absolute Gasteiger partial charge is 0.335 e. The molecule has 61 heavy (non-hydrogen) atoms. The average molecular weight is 874 g/mol. The van der Waals surface area contributed by atoms with Crippen LogP contribution in [0.25, 0.3) is 0 Å². The monoisotopic (exact) mass is 873 g/mol. The van der Waals surface area contributed by atoms with E-state index in [0.717, 1.165) is 48.9 Å². The van der Waals surface area contributed by atoms with Crippen molar-refractivity contribution in [3.63, 3.8) is 0 Å². The number of rotatable bonds is 18. The van der Waals surface area contributed by atoms with E-state index >= 15 is 0 Å². The maximum absolute atomic E-state index is 14.0. The molecule has 4 aromatic rings. The number of sulfonamides is 1. The van der Waals surface area contributed by atoms with Gasteiger partial charge < -0.3 is 34.3 Å². The van der Waals surface area contributed by atoms with Gasteiger partial charge in [-0.2, -0.15) is 4.31 Å². The van der Waals surface area contributed by atoms with Gasteiger partial charge >= 0.3 is 5.97 Å². The molecule has 0 aromatic heterocycles. The number of Topliss-reactive ketones (excluding diaryl/α,β-unsaturated/α-hetero) is 1. The van der Waals surface area contributed by atoms with Crippen LogP contribution in [0.1, 0.15) is 70.3 Å². The van der Waals surface area contributed by atoms with Gasteiger partial charge in [-0.25, -0.2) is 13.2 Å². The van der Waals surface area contributed by atoms with E-state index in [1.807, 2.05) is 43.3 Å². The number of halogens is 1. The van der Waals surface area contributed by atoms with Crippen LogP contribution in [0.5, 0.6) is 23.0 Å². The summed E-state index contributed by atoms with van der Waals surface area (Å²) in [5.74, 6) is 1.40. The van der Waals surface area contributed by atoms with Crippen molar-refractivity contribution in [2.75, 3.05) is 64.8 Å². The molecule has 3 aliphatic rings. The van der Waals surface area contributed by atoms with Crippen LogP contribution in [0.2, 0.25) is 5.02 Å². The highest BCUT2D eigenvalue weighted by Crippen LogP contribution is 2.46. The quantitative estimate of drug-likeness (QED) is 0.0963. The summed E-state index contributed by atoms with van der Waals surface area (Å²) < 4.78 is 52.4. The van der Waals surface area contributed by atoms with Crippen molar-refractivity contribution in [2.24, 2.45) is 11.8 Å². The number of carbonyl (C=O) groups excluding carboxylic acids is 1. The van der Waals surface area contributed by atoms with E-state index in [4.69, 9.17) is 30.5 Å². The molecule has 7 rings (SSSR count). The van der Waals surface area contributed by atoms with Crippen molar-refractivity contribution in [2.45, 2.75) is 64.0 Å². The van der Waals surface area contributed by atoms with Crippen LogP contribution in [0.15, 0.2) is 72.8 Å². The highest BCUT2D eigenvalue weighted by atomic mass is 35.5. The fraction of sp³-hybridized carbons (Fsp3) is 0.447. The van der Waals surface area contributed by atoms with Gasteiger partial charge in [0.1, 0.15) is 28.8 Å². The Morgan fingerprint density at radius 2 is 1.69 bits per heavy atom. The lowest BCUT2D eigenvalue weighted by Crippen LogP contribution is -2.49. The van der Waals surface area contributed by atoms with Gasteiger partial charge in [0.15, 0.2) is 0 Å². The molecule has 1 spiro atoms. The van der Waals surface area contributed by atoms with Gasteiger partial charge in [-0.15, -0.1) is 0 Å². The SMILES string of the molecule is COc1ccc(CN(Cc2ccc(OC)cc2OC)S(=O)(=O)CCNCCC(=O)[C@@H]2CC[C@H]2CN2C[C@@]3(CCCc4cc(Cl)ccc43)COc3ccc(C(=O)O)cc32)c(C)c1. The van der Waals surface area contributed by atoms with Crippen molar-refractivity contribution >= 4 is 39.1 Å². The average Bonchev–Trinajstić information content (AvgIpc) is 3.38. The Labute approximate surface area is 364 Å². The molecular weight excluding hydrogens is 818 g/mol. The predicted octanol–water partition coefficient (Wildman–Crippen LogP) is 7.45. The molecule has 0 amide bonds. The summed E-state index contributed by atoms with van der Waals surface area (Å²) in [5.41, 5.74) is 5.50. The number of ketones is 1. The first-order chi connectivity index (χ1) is 29.3. The van der Waals surface area contributed by atoms with Crippen molar-refractivity contribution in [1.82, 2.24) is 9.62 Å². The van der Waals surface area contributed by atoms with Crippen molar-refractivity contribution < 1.29 is 42.1 Å². The number of nitrogens with zero attached hydrogens (tertiary/aromatic N) is 2. The number of ether oxygens (including phenoxy) is 4. The van der Waals surface area contributed by atoms with Crippen LogP contribution in [-0.2, 0) is 39.7 Å². The molecule has 0 bridgehead atoms. The number of nitrogens with one attached hydrogen (secondary N) is 1. The first kappa shape index (κ1) is 44.2. The molecule has 326 valence electrons. The van der Waals surface area contributed by atoms with E-state index in [1.54, 1.807) is 51.7 Å². The number of carbonyl (C=O) groups is 2. The maximum Gasteiger partial charge on any atom is 0.335 e. The van der Waals surface area contributed by atoms with E-state index in [2.05, 4.69) is 16.3 Å². The Hall–Kier alpha value is -4.82. The Bertz CT molecular complexity index is 2360. The summed E-state index contributed by atoms with van der Waals surface area (Å²) in [6.45, 7) is 4.39. The van der Waals surface area contributed by atoms with Crippen LogP contribution < -0.4 is 29.2 Å².